The Morgan fingerprint density at radius 3 is 2.41 bits per heavy atom. The molecule has 2 aromatic carbocycles. The second-order valence-electron chi connectivity index (χ2n) is 8.36. The minimum Gasteiger partial charge on any atom is -0.489 e. The van der Waals surface area contributed by atoms with Crippen LogP contribution in [0.4, 0.5) is 5.69 Å². The number of rotatable bonds is 5. The van der Waals surface area contributed by atoms with Crippen molar-refractivity contribution in [1.29, 1.82) is 0 Å². The van der Waals surface area contributed by atoms with Crippen molar-refractivity contribution in [2.24, 2.45) is 0 Å². The van der Waals surface area contributed by atoms with Gasteiger partial charge in [0.15, 0.2) is 0 Å². The fourth-order valence-electron chi connectivity index (χ4n) is 4.55. The maximum absolute atomic E-state index is 12.9. The molecule has 0 spiro atoms. The van der Waals surface area contributed by atoms with Crippen LogP contribution in [0.3, 0.4) is 0 Å². The molecule has 0 saturated heterocycles. The Labute approximate surface area is 174 Å². The summed E-state index contributed by atoms with van der Waals surface area (Å²) in [6.45, 7) is 1.32. The molecule has 0 bridgehead atoms. The van der Waals surface area contributed by atoms with Gasteiger partial charge in [0, 0.05) is 12.6 Å². The molecule has 1 aliphatic heterocycles. The van der Waals surface area contributed by atoms with E-state index in [1.807, 2.05) is 24.3 Å². The zero-order valence-corrected chi connectivity index (χ0v) is 17.2. The summed E-state index contributed by atoms with van der Waals surface area (Å²) >= 11 is 0. The molecule has 154 valence electrons. The Hall–Kier alpha value is -2.49. The first-order valence-corrected chi connectivity index (χ1v) is 11.1. The lowest BCUT2D eigenvalue weighted by Gasteiger charge is -2.38. The molecule has 4 heteroatoms. The molecule has 2 aliphatic rings. The number of fused-ring (bicyclic) bond motifs is 1. The van der Waals surface area contributed by atoms with Gasteiger partial charge in [0.1, 0.15) is 12.4 Å². The molecular formula is C25H32N2O2. The van der Waals surface area contributed by atoms with Crippen molar-refractivity contribution in [3.05, 3.63) is 60.2 Å². The summed E-state index contributed by atoms with van der Waals surface area (Å²) in [7, 11) is 0. The molecule has 4 rings (SSSR count). The minimum atomic E-state index is 0.0404. The van der Waals surface area contributed by atoms with E-state index in [1.165, 1.54) is 37.7 Å². The van der Waals surface area contributed by atoms with Gasteiger partial charge in [-0.15, -0.1) is 0 Å². The summed E-state index contributed by atoms with van der Waals surface area (Å²) in [5.74, 6) is 1.06. The molecule has 0 unspecified atom stereocenters. The van der Waals surface area contributed by atoms with Gasteiger partial charge >= 0.3 is 0 Å². The highest BCUT2D eigenvalue weighted by molar-refractivity contribution is 5.78. The minimum absolute atomic E-state index is 0.0404. The van der Waals surface area contributed by atoms with Gasteiger partial charge in [-0.05, 0) is 30.5 Å². The molecule has 29 heavy (non-hydrogen) atoms. The largest absolute Gasteiger partial charge is 0.489 e. The van der Waals surface area contributed by atoms with Crippen LogP contribution in [0.15, 0.2) is 54.6 Å². The number of nitrogens with one attached hydrogen (secondary N) is 1. The van der Waals surface area contributed by atoms with Gasteiger partial charge in [0.05, 0.1) is 18.2 Å². The molecule has 0 radical (unpaired) electrons. The van der Waals surface area contributed by atoms with Crippen molar-refractivity contribution in [3.8, 4) is 5.75 Å². The van der Waals surface area contributed by atoms with Gasteiger partial charge in [0.2, 0.25) is 5.91 Å². The van der Waals surface area contributed by atoms with E-state index in [2.05, 4.69) is 40.5 Å². The molecule has 1 fully saturated rings. The molecule has 4 nitrogen and oxygen atoms in total. The number of ether oxygens (including phenoxy) is 1. The molecule has 0 aromatic heterocycles. The topological polar surface area (TPSA) is 41.6 Å². The zero-order chi connectivity index (χ0) is 19.9. The van der Waals surface area contributed by atoms with E-state index in [-0.39, 0.29) is 11.9 Å². The van der Waals surface area contributed by atoms with Crippen molar-refractivity contribution in [2.75, 3.05) is 11.5 Å². The Bertz CT molecular complexity index is 784. The van der Waals surface area contributed by atoms with Crippen LogP contribution in [-0.4, -0.2) is 24.6 Å². The molecule has 2 aromatic rings. The normalized spacial score (nSPS) is 20.1. The van der Waals surface area contributed by atoms with E-state index in [9.17, 15) is 4.79 Å². The summed E-state index contributed by atoms with van der Waals surface area (Å²) in [6, 6.07) is 19.0. The number of hydrogen-bond acceptors (Lipinski definition) is 3. The van der Waals surface area contributed by atoms with Gasteiger partial charge in [-0.3, -0.25) is 4.79 Å². The molecule has 1 N–H and O–H groups in total. The molecule has 1 heterocycles. The monoisotopic (exact) mass is 392 g/mol. The number of nitrogens with zero attached hydrogens (tertiary/aromatic N) is 1. The van der Waals surface area contributed by atoms with Crippen LogP contribution in [0, 0.1) is 0 Å². The third kappa shape index (κ3) is 5.31. The molecule has 1 saturated carbocycles. The SMILES string of the molecule is O=C(C[C@H]1COc2ccccc2N1Cc1ccccc1)NC1CCCCCCC1. The van der Waals surface area contributed by atoms with Crippen molar-refractivity contribution in [3.63, 3.8) is 0 Å². The van der Waals surface area contributed by atoms with Gasteiger partial charge in [-0.2, -0.15) is 0 Å². The lowest BCUT2D eigenvalue weighted by Crippen LogP contribution is -2.47. The van der Waals surface area contributed by atoms with E-state index in [4.69, 9.17) is 4.74 Å². The fraction of sp³-hybridized carbons (Fsp3) is 0.480. The predicted octanol–water partition coefficient (Wildman–Crippen LogP) is 5.07. The van der Waals surface area contributed by atoms with E-state index >= 15 is 0 Å². The molecule has 1 aliphatic carbocycles. The zero-order valence-electron chi connectivity index (χ0n) is 17.2. The number of benzene rings is 2. The fourth-order valence-corrected chi connectivity index (χ4v) is 4.55. The third-order valence-corrected chi connectivity index (χ3v) is 6.13. The van der Waals surface area contributed by atoms with Crippen LogP contribution in [-0.2, 0) is 11.3 Å². The summed E-state index contributed by atoms with van der Waals surface area (Å²) in [5.41, 5.74) is 2.32. The number of anilines is 1. The van der Waals surface area contributed by atoms with Crippen molar-refractivity contribution < 1.29 is 9.53 Å². The van der Waals surface area contributed by atoms with E-state index in [0.29, 0.717) is 19.1 Å². The van der Waals surface area contributed by atoms with Gasteiger partial charge in [-0.1, -0.05) is 74.6 Å². The average Bonchev–Trinajstić information content (AvgIpc) is 2.72. The number of para-hydroxylation sites is 2. The van der Waals surface area contributed by atoms with E-state index in [1.54, 1.807) is 0 Å². The van der Waals surface area contributed by atoms with E-state index < -0.39 is 0 Å². The number of hydrogen-bond donors (Lipinski definition) is 1. The van der Waals surface area contributed by atoms with E-state index in [0.717, 1.165) is 30.8 Å². The highest BCUT2D eigenvalue weighted by atomic mass is 16.5. The predicted molar refractivity (Wildman–Crippen MR) is 117 cm³/mol. The number of carbonyl (C=O) groups is 1. The van der Waals surface area contributed by atoms with Crippen LogP contribution in [0.2, 0.25) is 0 Å². The van der Waals surface area contributed by atoms with Crippen molar-refractivity contribution in [2.45, 2.75) is 70.0 Å². The van der Waals surface area contributed by atoms with Crippen molar-refractivity contribution >= 4 is 11.6 Å². The molecule has 1 amide bonds. The summed E-state index contributed by atoms with van der Waals surface area (Å²) < 4.78 is 6.01. The Morgan fingerprint density at radius 1 is 0.931 bits per heavy atom. The maximum atomic E-state index is 12.9. The van der Waals surface area contributed by atoms with Crippen LogP contribution in [0.1, 0.15) is 56.9 Å². The highest BCUT2D eigenvalue weighted by Crippen LogP contribution is 2.35. The average molecular weight is 393 g/mol. The quantitative estimate of drug-likeness (QED) is 0.772. The first-order valence-electron chi connectivity index (χ1n) is 11.1. The highest BCUT2D eigenvalue weighted by Gasteiger charge is 2.29. The first kappa shape index (κ1) is 19.8. The summed E-state index contributed by atoms with van der Waals surface area (Å²) in [5, 5.41) is 3.32. The smallest absolute Gasteiger partial charge is 0.222 e. The lowest BCUT2D eigenvalue weighted by atomic mass is 9.96. The van der Waals surface area contributed by atoms with Crippen molar-refractivity contribution in [1.82, 2.24) is 5.32 Å². The Morgan fingerprint density at radius 2 is 1.62 bits per heavy atom. The number of amides is 1. The Kier molecular flexibility index (Phi) is 6.71. The first-order chi connectivity index (χ1) is 14.3. The lowest BCUT2D eigenvalue weighted by molar-refractivity contribution is -0.122. The third-order valence-electron chi connectivity index (χ3n) is 6.13. The van der Waals surface area contributed by atoms with Gasteiger partial charge in [-0.25, -0.2) is 0 Å². The van der Waals surface area contributed by atoms with Crippen LogP contribution < -0.4 is 15.0 Å². The van der Waals surface area contributed by atoms with Gasteiger partial charge in [0.25, 0.3) is 0 Å². The second-order valence-corrected chi connectivity index (χ2v) is 8.36. The standard InChI is InChI=1S/C25H32N2O2/c28-25(26-21-13-7-2-1-3-8-14-21)17-22-19-29-24-16-10-9-15-23(24)27(22)18-20-11-5-4-6-12-20/h4-6,9-12,15-16,21-22H,1-3,7-8,13-14,17-19H2,(H,26,28)/t22-/m0/s1. The maximum Gasteiger partial charge on any atom is 0.222 e. The van der Waals surface area contributed by atoms with Crippen LogP contribution >= 0.6 is 0 Å². The van der Waals surface area contributed by atoms with Crippen LogP contribution in [0.25, 0.3) is 0 Å². The second kappa shape index (κ2) is 9.82. The summed E-state index contributed by atoms with van der Waals surface area (Å²) in [6.07, 6.45) is 9.09. The molecular weight excluding hydrogens is 360 g/mol. The summed E-state index contributed by atoms with van der Waals surface area (Å²) in [4.78, 5) is 15.2. The molecule has 1 atom stereocenters. The number of carbonyl (C=O) groups excluding carboxylic acids is 1. The van der Waals surface area contributed by atoms with Gasteiger partial charge < -0.3 is 15.0 Å². The Balaban J connectivity index is 1.45. The van der Waals surface area contributed by atoms with Crippen LogP contribution in [0.5, 0.6) is 5.75 Å².